The van der Waals surface area contributed by atoms with Crippen LogP contribution in [0.2, 0.25) is 0 Å². The van der Waals surface area contributed by atoms with Gasteiger partial charge in [0.2, 0.25) is 0 Å². The van der Waals surface area contributed by atoms with Gasteiger partial charge in [-0.15, -0.1) is 11.3 Å². The second-order valence-electron chi connectivity index (χ2n) is 18.5. The van der Waals surface area contributed by atoms with E-state index in [0.717, 1.165) is 0 Å². The molecule has 0 fully saturated rings. The molecule has 294 valence electrons. The summed E-state index contributed by atoms with van der Waals surface area (Å²) in [6, 6.07) is 71.1. The molecule has 0 bridgehead atoms. The first-order valence-corrected chi connectivity index (χ1v) is 22.6. The molecule has 2 heteroatoms. The number of thiophene rings is 1. The van der Waals surface area contributed by atoms with Gasteiger partial charge in [-0.3, -0.25) is 0 Å². The van der Waals surface area contributed by atoms with E-state index >= 15 is 0 Å². The molecule has 0 amide bonds. The van der Waals surface area contributed by atoms with Gasteiger partial charge in [-0.2, -0.15) is 0 Å². The van der Waals surface area contributed by atoms with Gasteiger partial charge in [0, 0.05) is 47.5 Å². The lowest BCUT2D eigenvalue weighted by molar-refractivity contribution is 0.660. The van der Waals surface area contributed by atoms with Crippen molar-refractivity contribution in [2.75, 3.05) is 0 Å². The molecule has 0 saturated carbocycles. The van der Waals surface area contributed by atoms with Crippen molar-refractivity contribution in [2.45, 2.75) is 38.5 Å². The fraction of sp³-hybridized carbons (Fsp3) is 0.100. The van der Waals surface area contributed by atoms with E-state index in [1.807, 2.05) is 11.3 Å². The molecule has 2 aliphatic rings. The van der Waals surface area contributed by atoms with E-state index in [9.17, 15) is 0 Å². The summed E-state index contributed by atoms with van der Waals surface area (Å²) in [6.07, 6.45) is 0. The Morgan fingerprint density at radius 3 is 1.63 bits per heavy atom. The molecular formula is C60H43NS. The lowest BCUT2D eigenvalue weighted by Crippen LogP contribution is -2.15. The number of hydrogen-bond donors (Lipinski definition) is 0. The van der Waals surface area contributed by atoms with Gasteiger partial charge >= 0.3 is 0 Å². The maximum Gasteiger partial charge on any atom is 0.0541 e. The molecule has 1 nitrogen and oxygen atoms in total. The van der Waals surface area contributed by atoms with Crippen LogP contribution in [0.15, 0.2) is 188 Å². The highest BCUT2D eigenvalue weighted by Crippen LogP contribution is 2.52. The monoisotopic (exact) mass is 809 g/mol. The van der Waals surface area contributed by atoms with Crippen LogP contribution in [-0.4, -0.2) is 4.57 Å². The van der Waals surface area contributed by atoms with E-state index in [2.05, 4.69) is 220 Å². The molecule has 2 aromatic heterocycles. The molecule has 0 aliphatic heterocycles. The van der Waals surface area contributed by atoms with E-state index in [4.69, 9.17) is 0 Å². The highest BCUT2D eigenvalue weighted by atomic mass is 32.1. The zero-order valence-corrected chi connectivity index (χ0v) is 36.1. The first-order chi connectivity index (χ1) is 30.2. The Hall–Kier alpha value is -7.00. The predicted molar refractivity (Wildman–Crippen MR) is 265 cm³/mol. The number of hydrogen-bond acceptors (Lipinski definition) is 1. The normalized spacial score (nSPS) is 14.4. The highest BCUT2D eigenvalue weighted by Gasteiger charge is 2.36. The Labute approximate surface area is 366 Å². The summed E-state index contributed by atoms with van der Waals surface area (Å²) in [7, 11) is 0. The zero-order chi connectivity index (χ0) is 41.5. The largest absolute Gasteiger partial charge is 0.309 e. The number of rotatable bonds is 4. The second kappa shape index (κ2) is 12.8. The van der Waals surface area contributed by atoms with Crippen LogP contribution in [0.3, 0.4) is 0 Å². The molecule has 0 atom stereocenters. The molecule has 9 aromatic carbocycles. The van der Waals surface area contributed by atoms with Crippen LogP contribution >= 0.6 is 11.3 Å². The van der Waals surface area contributed by atoms with Gasteiger partial charge in [0.05, 0.1) is 11.0 Å². The molecule has 2 aliphatic carbocycles. The van der Waals surface area contributed by atoms with Crippen LogP contribution < -0.4 is 0 Å². The Morgan fingerprint density at radius 1 is 0.339 bits per heavy atom. The third kappa shape index (κ3) is 4.96. The van der Waals surface area contributed by atoms with Crippen molar-refractivity contribution in [1.82, 2.24) is 4.57 Å². The molecule has 13 rings (SSSR count). The van der Waals surface area contributed by atoms with Gasteiger partial charge in [0.25, 0.3) is 0 Å². The van der Waals surface area contributed by atoms with E-state index in [-0.39, 0.29) is 10.8 Å². The Kier molecular flexibility index (Phi) is 7.36. The highest BCUT2D eigenvalue weighted by molar-refractivity contribution is 7.26. The quantitative estimate of drug-likeness (QED) is 0.167. The van der Waals surface area contributed by atoms with Gasteiger partial charge < -0.3 is 4.57 Å². The van der Waals surface area contributed by atoms with Gasteiger partial charge in [-0.1, -0.05) is 155 Å². The molecule has 0 N–H and O–H groups in total. The molecular weight excluding hydrogens is 767 g/mol. The molecule has 62 heavy (non-hydrogen) atoms. The van der Waals surface area contributed by atoms with Crippen LogP contribution in [0.4, 0.5) is 0 Å². The number of aromatic nitrogens is 1. The minimum absolute atomic E-state index is 0.0741. The summed E-state index contributed by atoms with van der Waals surface area (Å²) < 4.78 is 5.13. The molecule has 2 heterocycles. The Bertz CT molecular complexity index is 3700. The average Bonchev–Trinajstić information content (AvgIpc) is 3.99. The van der Waals surface area contributed by atoms with Crippen molar-refractivity contribution in [3.63, 3.8) is 0 Å². The molecule has 0 saturated heterocycles. The van der Waals surface area contributed by atoms with Gasteiger partial charge in [-0.25, -0.2) is 0 Å². The van der Waals surface area contributed by atoms with E-state index in [1.165, 1.54) is 126 Å². The van der Waals surface area contributed by atoms with Crippen molar-refractivity contribution in [1.29, 1.82) is 0 Å². The number of nitrogens with zero attached hydrogens (tertiary/aromatic N) is 1. The Morgan fingerprint density at radius 2 is 0.871 bits per heavy atom. The van der Waals surface area contributed by atoms with Gasteiger partial charge in [0.1, 0.15) is 0 Å². The van der Waals surface area contributed by atoms with E-state index < -0.39 is 0 Å². The minimum Gasteiger partial charge on any atom is -0.309 e. The first-order valence-electron chi connectivity index (χ1n) is 21.8. The van der Waals surface area contributed by atoms with Crippen molar-refractivity contribution in [3.05, 3.63) is 210 Å². The standard InChI is InChI=1S/C60H43NS/c1-59(2)51-20-9-5-14-43(51)45-27-24-37(34-53(45)59)39-30-38(31-40(32-39)42-18-13-19-49-48-17-8-12-23-57(48)62-58(42)49)36-25-29-56-50(33-36)47-16-7-11-22-55(47)61(56)41-26-28-46-44-15-6-10-21-52(44)60(3,4)54(46)35-41/h5-35H,1-4H3. The fourth-order valence-electron chi connectivity index (χ4n) is 11.2. The summed E-state index contributed by atoms with van der Waals surface area (Å²) in [5.41, 5.74) is 21.9. The smallest absolute Gasteiger partial charge is 0.0541 e. The molecule has 0 spiro atoms. The Balaban J connectivity index is 1.01. The molecule has 11 aromatic rings. The summed E-state index contributed by atoms with van der Waals surface area (Å²) in [6.45, 7) is 9.48. The van der Waals surface area contributed by atoms with Crippen LogP contribution in [0.5, 0.6) is 0 Å². The van der Waals surface area contributed by atoms with Gasteiger partial charge in [-0.05, 0) is 139 Å². The summed E-state index contributed by atoms with van der Waals surface area (Å²) in [4.78, 5) is 0. The van der Waals surface area contributed by atoms with Crippen LogP contribution in [-0.2, 0) is 10.8 Å². The maximum absolute atomic E-state index is 2.47. The third-order valence-corrected chi connectivity index (χ3v) is 15.6. The SMILES string of the molecule is CC1(C)c2ccccc2-c2ccc(-c3cc(-c4ccc5c(c4)c4ccccc4n5-c4ccc5c(c4)C(C)(C)c4ccccc4-5)cc(-c4cccc5c4sc4ccccc45)c3)cc21. The van der Waals surface area contributed by atoms with Crippen LogP contribution in [0.25, 0.3) is 103 Å². The first kappa shape index (κ1) is 35.7. The maximum atomic E-state index is 2.47. The lowest BCUT2D eigenvalue weighted by Gasteiger charge is -2.22. The van der Waals surface area contributed by atoms with Crippen molar-refractivity contribution < 1.29 is 0 Å². The van der Waals surface area contributed by atoms with Crippen molar-refractivity contribution in [2.24, 2.45) is 0 Å². The van der Waals surface area contributed by atoms with Crippen molar-refractivity contribution >= 4 is 53.3 Å². The molecule has 0 radical (unpaired) electrons. The summed E-state index contributed by atoms with van der Waals surface area (Å²) in [5.74, 6) is 0. The van der Waals surface area contributed by atoms with Crippen molar-refractivity contribution in [3.8, 4) is 61.3 Å². The second-order valence-corrected chi connectivity index (χ2v) is 19.5. The summed E-state index contributed by atoms with van der Waals surface area (Å²) in [5, 5.41) is 5.17. The third-order valence-electron chi connectivity index (χ3n) is 14.4. The van der Waals surface area contributed by atoms with E-state index in [0.29, 0.717) is 0 Å². The average molecular weight is 810 g/mol. The predicted octanol–water partition coefficient (Wildman–Crippen LogP) is 16.8. The van der Waals surface area contributed by atoms with Crippen LogP contribution in [0.1, 0.15) is 49.9 Å². The minimum atomic E-state index is -0.0805. The number of para-hydroxylation sites is 1. The topological polar surface area (TPSA) is 4.93 Å². The number of benzene rings is 9. The zero-order valence-electron chi connectivity index (χ0n) is 35.3. The fourth-order valence-corrected chi connectivity index (χ4v) is 12.5. The number of fused-ring (bicyclic) bond motifs is 12. The van der Waals surface area contributed by atoms with E-state index in [1.54, 1.807) is 0 Å². The van der Waals surface area contributed by atoms with Crippen LogP contribution in [0, 0.1) is 0 Å². The van der Waals surface area contributed by atoms with Gasteiger partial charge in [0.15, 0.2) is 0 Å². The lowest BCUT2D eigenvalue weighted by atomic mass is 9.81. The molecule has 0 unspecified atom stereocenters. The summed E-state index contributed by atoms with van der Waals surface area (Å²) >= 11 is 1.90.